The van der Waals surface area contributed by atoms with Crippen LogP contribution in [0.3, 0.4) is 0 Å². The minimum atomic E-state index is -1.62. The molecule has 8 heteroatoms. The van der Waals surface area contributed by atoms with Crippen LogP contribution < -0.4 is 10.6 Å². The van der Waals surface area contributed by atoms with Crippen LogP contribution in [0.25, 0.3) is 0 Å². The van der Waals surface area contributed by atoms with Gasteiger partial charge in [-0.05, 0) is 34.1 Å². The van der Waals surface area contributed by atoms with E-state index in [2.05, 4.69) is 42.5 Å². The summed E-state index contributed by atoms with van der Waals surface area (Å²) in [5.41, 5.74) is 0.528. The molecule has 0 aromatic heterocycles. The Balaban J connectivity index is 2.52. The van der Waals surface area contributed by atoms with E-state index in [-0.39, 0.29) is 6.54 Å². The largest absolute Gasteiger partial charge is 0.479 e. The van der Waals surface area contributed by atoms with E-state index in [4.69, 9.17) is 10.2 Å². The summed E-state index contributed by atoms with van der Waals surface area (Å²) in [6.07, 6.45) is -1.62. The SMILES string of the molecule is O=C(NC[C@H](O)C(=O)O)Nc1ccc(Br)cc1Br. The molecule has 0 saturated carbocycles. The smallest absolute Gasteiger partial charge is 0.334 e. The number of carbonyl (C=O) groups excluding carboxylic acids is 1. The Kier molecular flexibility index (Phi) is 5.57. The minimum Gasteiger partial charge on any atom is -0.479 e. The van der Waals surface area contributed by atoms with Crippen molar-refractivity contribution in [1.29, 1.82) is 0 Å². The molecule has 18 heavy (non-hydrogen) atoms. The lowest BCUT2D eigenvalue weighted by atomic mass is 10.3. The molecule has 0 spiro atoms. The summed E-state index contributed by atoms with van der Waals surface area (Å²) in [6, 6.07) is 4.56. The van der Waals surface area contributed by atoms with Crippen molar-refractivity contribution in [2.45, 2.75) is 6.10 Å². The van der Waals surface area contributed by atoms with Crippen LogP contribution in [0.1, 0.15) is 0 Å². The highest BCUT2D eigenvalue weighted by molar-refractivity contribution is 9.11. The summed E-state index contributed by atoms with van der Waals surface area (Å²) in [6.45, 7) is -0.366. The zero-order valence-electron chi connectivity index (χ0n) is 8.98. The van der Waals surface area contributed by atoms with Gasteiger partial charge < -0.3 is 20.8 Å². The first-order valence-corrected chi connectivity index (χ1v) is 6.39. The van der Waals surface area contributed by atoms with Crippen LogP contribution in [0, 0.1) is 0 Å². The summed E-state index contributed by atoms with van der Waals surface area (Å²) in [5, 5.41) is 22.2. The number of urea groups is 1. The lowest BCUT2D eigenvalue weighted by Crippen LogP contribution is -2.38. The third-order valence-corrected chi connectivity index (χ3v) is 3.07. The number of carboxylic acids is 1. The van der Waals surface area contributed by atoms with Crippen molar-refractivity contribution in [3.05, 3.63) is 27.1 Å². The Bertz CT molecular complexity index is 467. The number of aliphatic hydroxyl groups is 1. The Morgan fingerprint density at radius 2 is 2.00 bits per heavy atom. The van der Waals surface area contributed by atoms with Crippen LogP contribution in [-0.2, 0) is 4.79 Å². The van der Waals surface area contributed by atoms with Crippen molar-refractivity contribution in [1.82, 2.24) is 5.32 Å². The van der Waals surface area contributed by atoms with E-state index < -0.39 is 18.1 Å². The summed E-state index contributed by atoms with van der Waals surface area (Å²) in [5.74, 6) is -1.39. The molecule has 0 fully saturated rings. The summed E-state index contributed by atoms with van der Waals surface area (Å²) >= 11 is 6.53. The first-order chi connectivity index (χ1) is 8.40. The van der Waals surface area contributed by atoms with E-state index in [1.54, 1.807) is 18.2 Å². The van der Waals surface area contributed by atoms with Gasteiger partial charge in [0.1, 0.15) is 0 Å². The highest BCUT2D eigenvalue weighted by Crippen LogP contribution is 2.25. The molecule has 6 nitrogen and oxygen atoms in total. The van der Waals surface area contributed by atoms with Crippen LogP contribution in [0.4, 0.5) is 10.5 Å². The van der Waals surface area contributed by atoms with Gasteiger partial charge in [0.2, 0.25) is 0 Å². The number of rotatable bonds is 4. The fourth-order valence-electron chi connectivity index (χ4n) is 1.03. The van der Waals surface area contributed by atoms with Gasteiger partial charge in [-0.15, -0.1) is 0 Å². The third kappa shape index (κ3) is 4.63. The number of carboxylic acid groups (broad SMARTS) is 1. The number of aliphatic carboxylic acids is 1. The van der Waals surface area contributed by atoms with Gasteiger partial charge in [-0.2, -0.15) is 0 Å². The fraction of sp³-hybridized carbons (Fsp3) is 0.200. The number of amides is 2. The number of benzene rings is 1. The quantitative estimate of drug-likeness (QED) is 0.638. The molecule has 0 aliphatic carbocycles. The Morgan fingerprint density at radius 3 is 2.56 bits per heavy atom. The predicted molar refractivity (Wildman–Crippen MR) is 72.5 cm³/mol. The van der Waals surface area contributed by atoms with Crippen molar-refractivity contribution in [2.24, 2.45) is 0 Å². The van der Waals surface area contributed by atoms with Gasteiger partial charge in [-0.3, -0.25) is 0 Å². The Morgan fingerprint density at radius 1 is 1.33 bits per heavy atom. The normalized spacial score (nSPS) is 11.7. The molecular weight excluding hydrogens is 372 g/mol. The molecule has 0 aliphatic heterocycles. The fourth-order valence-corrected chi connectivity index (χ4v) is 2.18. The monoisotopic (exact) mass is 380 g/mol. The van der Waals surface area contributed by atoms with Crippen LogP contribution in [0.5, 0.6) is 0 Å². The Labute approximate surface area is 120 Å². The maximum absolute atomic E-state index is 11.4. The van der Waals surface area contributed by atoms with Crippen LogP contribution >= 0.6 is 31.9 Å². The van der Waals surface area contributed by atoms with Crippen molar-refractivity contribution < 1.29 is 19.8 Å². The lowest BCUT2D eigenvalue weighted by molar-refractivity contribution is -0.146. The topological polar surface area (TPSA) is 98.7 Å². The number of carbonyl (C=O) groups is 2. The first kappa shape index (κ1) is 14.9. The van der Waals surface area contributed by atoms with Gasteiger partial charge >= 0.3 is 12.0 Å². The summed E-state index contributed by atoms with van der Waals surface area (Å²) in [7, 11) is 0. The molecule has 1 rings (SSSR count). The van der Waals surface area contributed by atoms with E-state index in [0.29, 0.717) is 10.2 Å². The van der Waals surface area contributed by atoms with Gasteiger partial charge in [0.15, 0.2) is 6.10 Å². The zero-order valence-corrected chi connectivity index (χ0v) is 12.2. The van der Waals surface area contributed by atoms with Crippen molar-refractivity contribution in [3.8, 4) is 0 Å². The maximum atomic E-state index is 11.4. The van der Waals surface area contributed by atoms with Crippen LogP contribution in [0.2, 0.25) is 0 Å². The molecule has 1 aromatic carbocycles. The molecule has 2 amide bonds. The Hall–Kier alpha value is -1.12. The van der Waals surface area contributed by atoms with E-state index in [0.717, 1.165) is 4.47 Å². The standard InChI is InChI=1S/C10H10Br2N2O4/c11-5-1-2-7(6(12)3-5)14-10(18)13-4-8(15)9(16)17/h1-3,8,15H,4H2,(H,16,17)(H2,13,14,18)/t8-/m0/s1. The zero-order chi connectivity index (χ0) is 13.7. The molecule has 0 saturated heterocycles. The van der Waals surface area contributed by atoms with E-state index in [1.807, 2.05) is 0 Å². The molecule has 0 aliphatic rings. The number of hydrogen-bond donors (Lipinski definition) is 4. The molecule has 1 aromatic rings. The average Bonchev–Trinajstić information content (AvgIpc) is 2.29. The van der Waals surface area contributed by atoms with Crippen LogP contribution in [-0.4, -0.2) is 34.9 Å². The van der Waals surface area contributed by atoms with Gasteiger partial charge in [0.25, 0.3) is 0 Å². The van der Waals surface area contributed by atoms with Crippen LogP contribution in [0.15, 0.2) is 27.1 Å². The maximum Gasteiger partial charge on any atom is 0.334 e. The third-order valence-electron chi connectivity index (χ3n) is 1.92. The lowest BCUT2D eigenvalue weighted by Gasteiger charge is -2.10. The minimum absolute atomic E-state index is 0.366. The second-order valence-electron chi connectivity index (χ2n) is 3.31. The molecule has 0 bridgehead atoms. The molecule has 98 valence electrons. The second-order valence-corrected chi connectivity index (χ2v) is 5.08. The molecule has 0 heterocycles. The van der Waals surface area contributed by atoms with Gasteiger partial charge in [-0.1, -0.05) is 15.9 Å². The van der Waals surface area contributed by atoms with Crippen molar-refractivity contribution in [3.63, 3.8) is 0 Å². The highest BCUT2D eigenvalue weighted by Gasteiger charge is 2.14. The highest BCUT2D eigenvalue weighted by atomic mass is 79.9. The number of aliphatic hydroxyl groups excluding tert-OH is 1. The average molecular weight is 382 g/mol. The molecular formula is C10H10Br2N2O4. The molecule has 0 unspecified atom stereocenters. The molecule has 1 atom stereocenters. The predicted octanol–water partition coefficient (Wildman–Crippen LogP) is 1.78. The number of halogens is 2. The number of nitrogens with one attached hydrogen (secondary N) is 2. The van der Waals surface area contributed by atoms with Gasteiger partial charge in [-0.25, -0.2) is 9.59 Å². The number of hydrogen-bond acceptors (Lipinski definition) is 3. The van der Waals surface area contributed by atoms with Crippen molar-refractivity contribution >= 4 is 49.5 Å². The van der Waals surface area contributed by atoms with E-state index in [1.165, 1.54) is 0 Å². The molecule has 0 radical (unpaired) electrons. The van der Waals surface area contributed by atoms with Gasteiger partial charge in [0.05, 0.1) is 12.2 Å². The molecule has 4 N–H and O–H groups in total. The van der Waals surface area contributed by atoms with Gasteiger partial charge in [0, 0.05) is 8.95 Å². The number of anilines is 1. The van der Waals surface area contributed by atoms with Crippen molar-refractivity contribution in [2.75, 3.05) is 11.9 Å². The second kappa shape index (κ2) is 6.72. The summed E-state index contributed by atoms with van der Waals surface area (Å²) in [4.78, 5) is 21.7. The van der Waals surface area contributed by atoms with E-state index >= 15 is 0 Å². The summed E-state index contributed by atoms with van der Waals surface area (Å²) < 4.78 is 1.52. The first-order valence-electron chi connectivity index (χ1n) is 4.81. The van der Waals surface area contributed by atoms with E-state index in [9.17, 15) is 9.59 Å².